The highest BCUT2D eigenvalue weighted by Gasteiger charge is 2.50. The molecule has 3 aliphatic heterocycles. The molecule has 1 unspecified atom stereocenters. The Hall–Kier alpha value is -2.20. The first-order chi connectivity index (χ1) is 19.9. The van der Waals surface area contributed by atoms with Gasteiger partial charge in [0.1, 0.15) is 5.75 Å². The molecule has 1 N–H and O–H groups in total. The zero-order valence-electron chi connectivity index (χ0n) is 26.8. The molecule has 1 aromatic carbocycles. The van der Waals surface area contributed by atoms with Crippen LogP contribution in [0.4, 0.5) is 0 Å². The molecule has 2 saturated heterocycles. The summed E-state index contributed by atoms with van der Waals surface area (Å²) < 4.78 is 18.4. The summed E-state index contributed by atoms with van der Waals surface area (Å²) in [6, 6.07) is 5.80. The van der Waals surface area contributed by atoms with Crippen LogP contribution in [0.2, 0.25) is 0 Å². The highest BCUT2D eigenvalue weighted by molar-refractivity contribution is 5.79. The predicted molar refractivity (Wildman–Crippen MR) is 163 cm³/mol. The first-order valence-corrected chi connectivity index (χ1v) is 15.9. The summed E-state index contributed by atoms with van der Waals surface area (Å²) in [6.07, 6.45) is 5.03. The van der Waals surface area contributed by atoms with Gasteiger partial charge in [-0.1, -0.05) is 39.3 Å². The van der Waals surface area contributed by atoms with Crippen LogP contribution >= 0.6 is 0 Å². The molecular weight excluding hydrogens is 534 g/mol. The summed E-state index contributed by atoms with van der Waals surface area (Å²) in [6.45, 7) is 11.4. The largest absolute Gasteiger partial charge is 0.493 e. The number of amides is 1. The van der Waals surface area contributed by atoms with Crippen LogP contribution in [0.5, 0.6) is 5.75 Å². The van der Waals surface area contributed by atoms with Crippen molar-refractivity contribution in [2.45, 2.75) is 77.5 Å². The number of likely N-dealkylation sites (tertiary alicyclic amines) is 1. The van der Waals surface area contributed by atoms with Gasteiger partial charge in [-0.25, -0.2) is 0 Å². The Balaban J connectivity index is 1.57. The highest BCUT2D eigenvalue weighted by atomic mass is 16.7. The molecule has 0 aliphatic carbocycles. The number of rotatable bonds is 15. The van der Waals surface area contributed by atoms with E-state index in [1.165, 1.54) is 0 Å². The van der Waals surface area contributed by atoms with Crippen molar-refractivity contribution in [3.8, 4) is 5.75 Å². The second-order valence-electron chi connectivity index (χ2n) is 14.2. The van der Waals surface area contributed by atoms with Gasteiger partial charge in [-0.15, -0.1) is 0 Å². The lowest BCUT2D eigenvalue weighted by molar-refractivity contribution is -0.870. The molecule has 1 aromatic rings. The van der Waals surface area contributed by atoms with Gasteiger partial charge in [0.2, 0.25) is 5.91 Å². The number of carbonyl (C=O) groups excluding carboxylic acids is 1. The van der Waals surface area contributed by atoms with Crippen molar-refractivity contribution in [2.75, 3.05) is 73.7 Å². The van der Waals surface area contributed by atoms with E-state index in [0.29, 0.717) is 32.8 Å². The van der Waals surface area contributed by atoms with E-state index < -0.39 is 17.3 Å². The normalized spacial score (nSPS) is 23.2. The minimum Gasteiger partial charge on any atom is -0.493 e. The van der Waals surface area contributed by atoms with Gasteiger partial charge in [0.25, 0.3) is 0 Å². The Labute approximate surface area is 252 Å². The zero-order valence-corrected chi connectivity index (χ0v) is 26.8. The quantitative estimate of drug-likeness (QED) is 0.245. The summed E-state index contributed by atoms with van der Waals surface area (Å²) in [5.41, 5.74) is 1.74. The number of hydrogen-bond donors (Lipinski definition) is 1. The van der Waals surface area contributed by atoms with Crippen molar-refractivity contribution in [3.05, 3.63) is 29.3 Å². The van der Waals surface area contributed by atoms with Crippen molar-refractivity contribution >= 4 is 11.9 Å². The van der Waals surface area contributed by atoms with Crippen molar-refractivity contribution < 1.29 is 33.4 Å². The molecule has 0 spiro atoms. The molecule has 0 radical (unpaired) electrons. The van der Waals surface area contributed by atoms with Crippen LogP contribution in [0.3, 0.4) is 0 Å². The Bertz CT molecular complexity index is 1060. The zero-order chi connectivity index (χ0) is 30.5. The number of carboxylic acid groups (broad SMARTS) is 1. The van der Waals surface area contributed by atoms with E-state index >= 15 is 0 Å². The molecule has 3 heterocycles. The lowest BCUT2D eigenvalue weighted by Gasteiger charge is -2.37. The maximum Gasteiger partial charge on any atom is 0.308 e. The number of hydrogen-bond acceptors (Lipinski definition) is 6. The summed E-state index contributed by atoms with van der Waals surface area (Å²) in [4.78, 5) is 31.1. The number of quaternary nitrogens is 1. The summed E-state index contributed by atoms with van der Waals surface area (Å²) >= 11 is 0. The standard InChI is InChI=1S/C33H53N3O6/c1-7-8-14-34(15-9-10-16-36(4,5)6)29(37)23-35-22-26(24-11-12-28-25(20-24)13-17-40-28)30(31(38)39)27(35)21-33(2,3)32-41-18-19-42-32/h11-12,20,26-27,30,32H,7-10,13-19,21-23H2,1-6H3/p+1/t26-,27+,30?/m1/s1. The minimum absolute atomic E-state index is 0.0945. The monoisotopic (exact) mass is 588 g/mol. The van der Waals surface area contributed by atoms with E-state index in [4.69, 9.17) is 14.2 Å². The summed E-state index contributed by atoms with van der Waals surface area (Å²) in [5.74, 6) is -0.699. The Morgan fingerprint density at radius 1 is 1.07 bits per heavy atom. The molecule has 4 rings (SSSR count). The van der Waals surface area contributed by atoms with Crippen molar-refractivity contribution in [1.82, 2.24) is 9.80 Å². The number of carbonyl (C=O) groups is 2. The smallest absolute Gasteiger partial charge is 0.308 e. The molecule has 42 heavy (non-hydrogen) atoms. The molecular formula is C33H54N3O6+. The van der Waals surface area contributed by atoms with Crippen LogP contribution in [-0.4, -0.2) is 117 Å². The molecule has 3 atom stereocenters. The summed E-state index contributed by atoms with van der Waals surface area (Å²) in [7, 11) is 6.58. The lowest BCUT2D eigenvalue weighted by atomic mass is 9.77. The molecule has 9 nitrogen and oxygen atoms in total. The van der Waals surface area contributed by atoms with Crippen LogP contribution < -0.4 is 4.74 Å². The molecule has 0 bridgehead atoms. The average molecular weight is 589 g/mol. The van der Waals surface area contributed by atoms with Gasteiger partial charge in [-0.2, -0.15) is 0 Å². The van der Waals surface area contributed by atoms with Crippen molar-refractivity contribution in [1.29, 1.82) is 0 Å². The van der Waals surface area contributed by atoms with E-state index in [1.54, 1.807) is 0 Å². The van der Waals surface area contributed by atoms with Gasteiger partial charge in [0, 0.05) is 43.4 Å². The third-order valence-corrected chi connectivity index (χ3v) is 9.15. The maximum absolute atomic E-state index is 13.9. The molecule has 236 valence electrons. The van der Waals surface area contributed by atoms with Crippen LogP contribution in [-0.2, 0) is 25.5 Å². The van der Waals surface area contributed by atoms with E-state index in [2.05, 4.69) is 52.9 Å². The SMILES string of the molecule is CCCCN(CCCC[N+](C)(C)C)C(=O)CN1C[C@H](c2ccc3c(c2)CCO3)C(C(=O)O)[C@@H]1CC(C)(C)C1OCCO1. The fraction of sp³-hybridized carbons (Fsp3) is 0.758. The maximum atomic E-state index is 13.9. The van der Waals surface area contributed by atoms with Crippen LogP contribution in [0.15, 0.2) is 18.2 Å². The number of carboxylic acids is 1. The number of ether oxygens (including phenoxy) is 3. The highest BCUT2D eigenvalue weighted by Crippen LogP contribution is 2.45. The number of unbranched alkanes of at least 4 members (excludes halogenated alkanes) is 2. The van der Waals surface area contributed by atoms with Gasteiger partial charge in [-0.05, 0) is 42.9 Å². The summed E-state index contributed by atoms with van der Waals surface area (Å²) in [5, 5.41) is 10.6. The molecule has 3 aliphatic rings. The fourth-order valence-corrected chi connectivity index (χ4v) is 6.84. The molecule has 1 amide bonds. The number of nitrogens with zero attached hydrogens (tertiary/aromatic N) is 3. The van der Waals surface area contributed by atoms with Gasteiger partial charge in [-0.3, -0.25) is 14.5 Å². The predicted octanol–water partition coefficient (Wildman–Crippen LogP) is 3.99. The van der Waals surface area contributed by atoms with Crippen molar-refractivity contribution in [3.63, 3.8) is 0 Å². The third-order valence-electron chi connectivity index (χ3n) is 9.15. The van der Waals surface area contributed by atoms with E-state index in [9.17, 15) is 14.7 Å². The van der Waals surface area contributed by atoms with E-state index in [-0.39, 0.29) is 30.7 Å². The molecule has 0 saturated carbocycles. The van der Waals surface area contributed by atoms with Crippen LogP contribution in [0.25, 0.3) is 0 Å². The first-order valence-electron chi connectivity index (χ1n) is 15.9. The number of fused-ring (bicyclic) bond motifs is 1. The second kappa shape index (κ2) is 14.1. The van der Waals surface area contributed by atoms with Gasteiger partial charge >= 0.3 is 5.97 Å². The Morgan fingerprint density at radius 3 is 2.45 bits per heavy atom. The lowest BCUT2D eigenvalue weighted by Crippen LogP contribution is -2.47. The first kappa shape index (κ1) is 32.7. The van der Waals surface area contributed by atoms with E-state index in [0.717, 1.165) is 73.1 Å². The van der Waals surface area contributed by atoms with Crippen LogP contribution in [0.1, 0.15) is 69.9 Å². The molecule has 9 heteroatoms. The number of aliphatic carboxylic acids is 1. The topological polar surface area (TPSA) is 88.5 Å². The van der Waals surface area contributed by atoms with E-state index in [1.807, 2.05) is 17.0 Å². The number of benzene rings is 1. The average Bonchev–Trinajstić information content (AvgIpc) is 3.68. The fourth-order valence-electron chi connectivity index (χ4n) is 6.84. The molecule has 0 aromatic heterocycles. The van der Waals surface area contributed by atoms with Crippen LogP contribution in [0, 0.1) is 11.3 Å². The van der Waals surface area contributed by atoms with Gasteiger partial charge in [0.05, 0.1) is 60.0 Å². The minimum atomic E-state index is -0.816. The van der Waals surface area contributed by atoms with Gasteiger partial charge in [0.15, 0.2) is 6.29 Å². The van der Waals surface area contributed by atoms with Crippen molar-refractivity contribution in [2.24, 2.45) is 11.3 Å². The van der Waals surface area contributed by atoms with Gasteiger partial charge < -0.3 is 28.7 Å². The second-order valence-corrected chi connectivity index (χ2v) is 14.2. The Morgan fingerprint density at radius 2 is 1.79 bits per heavy atom. The molecule has 2 fully saturated rings. The Kier molecular flexibility index (Phi) is 10.9. The third kappa shape index (κ3) is 8.24.